The standard InChI is InChI=1S/C28H30FN5O4/c1-4-13-34(28(36)20-5-8-22(29)9-6-20)19-27(35)33-16-14-32(15-17-33)26-12-10-23(30-31-26)21-7-11-24(37-2)25(18-21)38-3/h4-12,18H,1,13-17,19H2,2-3H3. The summed E-state index contributed by atoms with van der Waals surface area (Å²) in [4.78, 5) is 31.0. The summed E-state index contributed by atoms with van der Waals surface area (Å²) in [6.45, 7) is 5.97. The second-order valence-electron chi connectivity index (χ2n) is 8.70. The summed E-state index contributed by atoms with van der Waals surface area (Å²) >= 11 is 0. The Morgan fingerprint density at radius 3 is 2.29 bits per heavy atom. The number of hydrogen-bond acceptors (Lipinski definition) is 7. The Morgan fingerprint density at radius 2 is 1.68 bits per heavy atom. The highest BCUT2D eigenvalue weighted by molar-refractivity contribution is 5.96. The van der Waals surface area contributed by atoms with Gasteiger partial charge in [-0.1, -0.05) is 6.08 Å². The number of aromatic nitrogens is 2. The van der Waals surface area contributed by atoms with E-state index >= 15 is 0 Å². The third-order valence-corrected chi connectivity index (χ3v) is 6.34. The number of anilines is 1. The molecule has 38 heavy (non-hydrogen) atoms. The summed E-state index contributed by atoms with van der Waals surface area (Å²) in [6.07, 6.45) is 1.57. The lowest BCUT2D eigenvalue weighted by Gasteiger charge is -2.36. The molecular formula is C28H30FN5O4. The Balaban J connectivity index is 1.35. The van der Waals surface area contributed by atoms with Gasteiger partial charge in [0.15, 0.2) is 17.3 Å². The van der Waals surface area contributed by atoms with Crippen molar-refractivity contribution in [3.05, 3.63) is 78.6 Å². The Hall–Kier alpha value is -4.47. The Labute approximate surface area is 221 Å². The first-order chi connectivity index (χ1) is 18.4. The fraction of sp³-hybridized carbons (Fsp3) is 0.286. The number of ether oxygens (including phenoxy) is 2. The third-order valence-electron chi connectivity index (χ3n) is 6.34. The van der Waals surface area contributed by atoms with Gasteiger partial charge in [-0.15, -0.1) is 16.8 Å². The van der Waals surface area contributed by atoms with Gasteiger partial charge in [-0.3, -0.25) is 9.59 Å². The maximum absolute atomic E-state index is 13.2. The van der Waals surface area contributed by atoms with Crippen molar-refractivity contribution in [2.45, 2.75) is 0 Å². The highest BCUT2D eigenvalue weighted by Gasteiger charge is 2.25. The van der Waals surface area contributed by atoms with Crippen molar-refractivity contribution in [1.29, 1.82) is 0 Å². The van der Waals surface area contributed by atoms with E-state index in [0.717, 1.165) is 11.4 Å². The number of carbonyl (C=O) groups excluding carboxylic acids is 2. The van der Waals surface area contributed by atoms with Gasteiger partial charge in [0.2, 0.25) is 5.91 Å². The molecule has 0 bridgehead atoms. The zero-order valence-corrected chi connectivity index (χ0v) is 21.5. The van der Waals surface area contributed by atoms with Gasteiger partial charge in [0.25, 0.3) is 5.91 Å². The monoisotopic (exact) mass is 519 g/mol. The SMILES string of the molecule is C=CCN(CC(=O)N1CCN(c2ccc(-c3ccc(OC)c(OC)c3)nn2)CC1)C(=O)c1ccc(F)cc1. The average Bonchev–Trinajstić information content (AvgIpc) is 2.96. The number of carbonyl (C=O) groups is 2. The molecule has 0 atom stereocenters. The van der Waals surface area contributed by atoms with Crippen LogP contribution in [0.5, 0.6) is 11.5 Å². The van der Waals surface area contributed by atoms with Gasteiger partial charge < -0.3 is 24.2 Å². The van der Waals surface area contributed by atoms with Gasteiger partial charge in [-0.05, 0) is 54.6 Å². The molecule has 1 aliphatic heterocycles. The lowest BCUT2D eigenvalue weighted by atomic mass is 10.1. The number of halogens is 1. The molecule has 0 spiro atoms. The topological polar surface area (TPSA) is 88.1 Å². The summed E-state index contributed by atoms with van der Waals surface area (Å²) in [7, 11) is 3.17. The Kier molecular flexibility index (Phi) is 8.52. The lowest BCUT2D eigenvalue weighted by molar-refractivity contribution is -0.132. The minimum atomic E-state index is -0.425. The fourth-order valence-electron chi connectivity index (χ4n) is 4.24. The van der Waals surface area contributed by atoms with Crippen LogP contribution in [0.15, 0.2) is 67.3 Å². The van der Waals surface area contributed by atoms with Gasteiger partial charge in [0.05, 0.1) is 19.9 Å². The van der Waals surface area contributed by atoms with E-state index in [0.29, 0.717) is 48.9 Å². The van der Waals surface area contributed by atoms with Gasteiger partial charge in [-0.2, -0.15) is 0 Å². The van der Waals surface area contributed by atoms with Crippen molar-refractivity contribution in [3.8, 4) is 22.8 Å². The quantitative estimate of drug-likeness (QED) is 0.401. The molecule has 3 aromatic rings. The molecule has 1 aliphatic rings. The molecule has 0 N–H and O–H groups in total. The molecule has 1 fully saturated rings. The summed E-state index contributed by atoms with van der Waals surface area (Å²) in [6, 6.07) is 14.6. The minimum Gasteiger partial charge on any atom is -0.493 e. The van der Waals surface area contributed by atoms with E-state index in [2.05, 4.69) is 21.7 Å². The first-order valence-corrected chi connectivity index (χ1v) is 12.2. The Bertz CT molecular complexity index is 1280. The first kappa shape index (κ1) is 26.6. The van der Waals surface area contributed by atoms with Gasteiger partial charge >= 0.3 is 0 Å². The van der Waals surface area contributed by atoms with E-state index in [1.165, 1.54) is 29.2 Å². The van der Waals surface area contributed by atoms with Crippen LogP contribution in [0, 0.1) is 5.82 Å². The van der Waals surface area contributed by atoms with Crippen molar-refractivity contribution >= 4 is 17.6 Å². The Morgan fingerprint density at radius 1 is 0.974 bits per heavy atom. The largest absolute Gasteiger partial charge is 0.493 e. The number of piperazine rings is 1. The van der Waals surface area contributed by atoms with Crippen molar-refractivity contribution in [2.24, 2.45) is 0 Å². The summed E-state index contributed by atoms with van der Waals surface area (Å²) in [5.74, 6) is 1.05. The summed E-state index contributed by atoms with van der Waals surface area (Å²) < 4.78 is 23.9. The number of hydrogen-bond donors (Lipinski definition) is 0. The molecule has 2 aromatic carbocycles. The van der Waals surface area contributed by atoms with Gasteiger partial charge in [0.1, 0.15) is 12.4 Å². The number of methoxy groups -OCH3 is 2. The zero-order chi connectivity index (χ0) is 27.1. The van der Waals surface area contributed by atoms with Crippen molar-refractivity contribution in [2.75, 3.05) is 58.4 Å². The third kappa shape index (κ3) is 6.08. The maximum Gasteiger partial charge on any atom is 0.254 e. The summed E-state index contributed by atoms with van der Waals surface area (Å²) in [5, 5.41) is 8.77. The lowest BCUT2D eigenvalue weighted by Crippen LogP contribution is -2.52. The first-order valence-electron chi connectivity index (χ1n) is 12.2. The number of nitrogens with zero attached hydrogens (tertiary/aromatic N) is 5. The molecule has 0 radical (unpaired) electrons. The molecule has 10 heteroatoms. The molecular weight excluding hydrogens is 489 g/mol. The number of amides is 2. The van der Waals surface area contributed by atoms with Gasteiger partial charge in [-0.25, -0.2) is 4.39 Å². The molecule has 0 unspecified atom stereocenters. The second-order valence-corrected chi connectivity index (χ2v) is 8.70. The van der Waals surface area contributed by atoms with Crippen molar-refractivity contribution in [3.63, 3.8) is 0 Å². The van der Waals surface area contributed by atoms with Crippen LogP contribution in [0.3, 0.4) is 0 Å². The molecule has 0 saturated carbocycles. The van der Waals surface area contributed by atoms with Crippen LogP contribution in [0.4, 0.5) is 10.2 Å². The van der Waals surface area contributed by atoms with Crippen LogP contribution in [-0.4, -0.2) is 85.3 Å². The molecule has 4 rings (SSSR count). The van der Waals surface area contributed by atoms with E-state index in [9.17, 15) is 14.0 Å². The normalized spacial score (nSPS) is 13.1. The molecule has 2 amide bonds. The predicted molar refractivity (Wildman–Crippen MR) is 142 cm³/mol. The minimum absolute atomic E-state index is 0.0813. The molecule has 198 valence electrons. The van der Waals surface area contributed by atoms with E-state index in [1.54, 1.807) is 25.2 Å². The predicted octanol–water partition coefficient (Wildman–Crippen LogP) is 3.28. The average molecular weight is 520 g/mol. The zero-order valence-electron chi connectivity index (χ0n) is 21.5. The van der Waals surface area contributed by atoms with E-state index in [4.69, 9.17) is 9.47 Å². The van der Waals surface area contributed by atoms with Crippen molar-refractivity contribution < 1.29 is 23.5 Å². The van der Waals surface area contributed by atoms with E-state index in [-0.39, 0.29) is 24.9 Å². The molecule has 9 nitrogen and oxygen atoms in total. The second kappa shape index (κ2) is 12.2. The highest BCUT2D eigenvalue weighted by atomic mass is 19.1. The van der Waals surface area contributed by atoms with Gasteiger partial charge in [0, 0.05) is 43.9 Å². The van der Waals surface area contributed by atoms with Crippen LogP contribution in [-0.2, 0) is 4.79 Å². The fourth-order valence-corrected chi connectivity index (χ4v) is 4.24. The maximum atomic E-state index is 13.2. The molecule has 1 saturated heterocycles. The van der Waals surface area contributed by atoms with Crippen LogP contribution in [0.25, 0.3) is 11.3 Å². The van der Waals surface area contributed by atoms with Crippen LogP contribution >= 0.6 is 0 Å². The summed E-state index contributed by atoms with van der Waals surface area (Å²) in [5.41, 5.74) is 1.88. The van der Waals surface area contributed by atoms with Crippen LogP contribution in [0.2, 0.25) is 0 Å². The number of benzene rings is 2. The highest BCUT2D eigenvalue weighted by Crippen LogP contribution is 2.31. The molecule has 1 aromatic heterocycles. The molecule has 0 aliphatic carbocycles. The number of rotatable bonds is 9. The van der Waals surface area contributed by atoms with E-state index < -0.39 is 5.82 Å². The van der Waals surface area contributed by atoms with Crippen LogP contribution in [0.1, 0.15) is 10.4 Å². The van der Waals surface area contributed by atoms with E-state index in [1.807, 2.05) is 30.3 Å². The van der Waals surface area contributed by atoms with Crippen molar-refractivity contribution in [1.82, 2.24) is 20.0 Å². The smallest absolute Gasteiger partial charge is 0.254 e. The van der Waals surface area contributed by atoms with Crippen LogP contribution < -0.4 is 14.4 Å². The molecule has 2 heterocycles.